The standard InChI is InChI=1S/C15H20O/c1-13(2)7-6-10-15(12-16)11-14-8-4-3-5-9-14/h3-5,8-9,11-13H,6-7,10H2,1-2H3. The average molecular weight is 216 g/mol. The molecule has 86 valence electrons. The molecule has 0 bridgehead atoms. The van der Waals surface area contributed by atoms with Crippen LogP contribution in [0.1, 0.15) is 38.7 Å². The molecular weight excluding hydrogens is 196 g/mol. The lowest BCUT2D eigenvalue weighted by molar-refractivity contribution is -0.105. The van der Waals surface area contributed by atoms with Gasteiger partial charge in [-0.25, -0.2) is 0 Å². The second-order valence-electron chi connectivity index (χ2n) is 4.53. The minimum atomic E-state index is 0.713. The molecule has 0 fully saturated rings. The third-order valence-corrected chi connectivity index (χ3v) is 2.55. The molecule has 0 aliphatic heterocycles. The van der Waals surface area contributed by atoms with E-state index in [0.717, 1.165) is 30.3 Å². The van der Waals surface area contributed by atoms with Gasteiger partial charge in [-0.3, -0.25) is 4.79 Å². The molecule has 0 saturated carbocycles. The summed E-state index contributed by atoms with van der Waals surface area (Å²) < 4.78 is 0. The Kier molecular flexibility index (Phi) is 5.55. The fraction of sp³-hybridized carbons (Fsp3) is 0.400. The van der Waals surface area contributed by atoms with Crippen molar-refractivity contribution in [2.75, 3.05) is 0 Å². The van der Waals surface area contributed by atoms with Gasteiger partial charge in [-0.15, -0.1) is 0 Å². The first-order valence-electron chi connectivity index (χ1n) is 5.93. The third kappa shape index (κ3) is 4.92. The minimum absolute atomic E-state index is 0.713. The molecule has 16 heavy (non-hydrogen) atoms. The smallest absolute Gasteiger partial charge is 0.146 e. The number of hydrogen-bond acceptors (Lipinski definition) is 1. The minimum Gasteiger partial charge on any atom is -0.298 e. The van der Waals surface area contributed by atoms with Crippen molar-refractivity contribution in [3.05, 3.63) is 41.5 Å². The number of benzene rings is 1. The van der Waals surface area contributed by atoms with Gasteiger partial charge in [0.05, 0.1) is 0 Å². The van der Waals surface area contributed by atoms with Crippen molar-refractivity contribution in [3.63, 3.8) is 0 Å². The van der Waals surface area contributed by atoms with Crippen LogP contribution in [-0.4, -0.2) is 6.29 Å². The maximum atomic E-state index is 10.9. The predicted octanol–water partition coefficient (Wildman–Crippen LogP) is 4.10. The summed E-state index contributed by atoms with van der Waals surface area (Å²) >= 11 is 0. The Bertz CT molecular complexity index is 336. The Hall–Kier alpha value is -1.37. The number of aldehydes is 1. The van der Waals surface area contributed by atoms with Crippen molar-refractivity contribution in [2.24, 2.45) is 5.92 Å². The first-order valence-corrected chi connectivity index (χ1v) is 5.93. The normalized spacial score (nSPS) is 11.8. The van der Waals surface area contributed by atoms with E-state index in [-0.39, 0.29) is 0 Å². The van der Waals surface area contributed by atoms with Crippen molar-refractivity contribution in [1.29, 1.82) is 0 Å². The topological polar surface area (TPSA) is 17.1 Å². The summed E-state index contributed by atoms with van der Waals surface area (Å²) in [5.74, 6) is 0.713. The first-order chi connectivity index (χ1) is 7.72. The third-order valence-electron chi connectivity index (χ3n) is 2.55. The number of rotatable bonds is 6. The highest BCUT2D eigenvalue weighted by atomic mass is 16.1. The molecule has 0 aromatic heterocycles. The molecule has 0 saturated heterocycles. The van der Waals surface area contributed by atoms with Crippen LogP contribution in [0.15, 0.2) is 35.9 Å². The largest absolute Gasteiger partial charge is 0.298 e. The molecule has 0 unspecified atom stereocenters. The molecule has 0 heterocycles. The summed E-state index contributed by atoms with van der Waals surface area (Å²) in [6.07, 6.45) is 6.12. The van der Waals surface area contributed by atoms with Crippen LogP contribution in [0, 0.1) is 5.92 Å². The van der Waals surface area contributed by atoms with Crippen LogP contribution in [0.2, 0.25) is 0 Å². The van der Waals surface area contributed by atoms with E-state index >= 15 is 0 Å². The van der Waals surface area contributed by atoms with Gasteiger partial charge in [-0.05, 0) is 36.0 Å². The van der Waals surface area contributed by atoms with Crippen LogP contribution >= 0.6 is 0 Å². The molecule has 0 amide bonds. The lowest BCUT2D eigenvalue weighted by Crippen LogP contribution is -1.90. The maximum Gasteiger partial charge on any atom is 0.146 e. The van der Waals surface area contributed by atoms with E-state index in [4.69, 9.17) is 0 Å². The van der Waals surface area contributed by atoms with Gasteiger partial charge in [0.25, 0.3) is 0 Å². The monoisotopic (exact) mass is 216 g/mol. The zero-order chi connectivity index (χ0) is 11.8. The van der Waals surface area contributed by atoms with E-state index in [1.165, 1.54) is 6.42 Å². The van der Waals surface area contributed by atoms with E-state index in [1.807, 2.05) is 36.4 Å². The number of hydrogen-bond donors (Lipinski definition) is 0. The summed E-state index contributed by atoms with van der Waals surface area (Å²) in [4.78, 5) is 10.9. The fourth-order valence-corrected chi connectivity index (χ4v) is 1.64. The Balaban J connectivity index is 2.54. The quantitative estimate of drug-likeness (QED) is 0.517. The summed E-state index contributed by atoms with van der Waals surface area (Å²) in [7, 11) is 0. The maximum absolute atomic E-state index is 10.9. The molecule has 0 aliphatic carbocycles. The zero-order valence-corrected chi connectivity index (χ0v) is 10.1. The van der Waals surface area contributed by atoms with Crippen LogP contribution in [0.3, 0.4) is 0 Å². The summed E-state index contributed by atoms with van der Waals surface area (Å²) in [6.45, 7) is 4.42. The van der Waals surface area contributed by atoms with Gasteiger partial charge in [0.15, 0.2) is 0 Å². The van der Waals surface area contributed by atoms with Crippen LogP contribution < -0.4 is 0 Å². The molecule has 1 nitrogen and oxygen atoms in total. The van der Waals surface area contributed by atoms with E-state index in [1.54, 1.807) is 0 Å². The van der Waals surface area contributed by atoms with Gasteiger partial charge in [-0.2, -0.15) is 0 Å². The molecule has 1 aromatic rings. The lowest BCUT2D eigenvalue weighted by Gasteiger charge is -2.04. The molecule has 0 atom stereocenters. The molecule has 1 heteroatoms. The van der Waals surface area contributed by atoms with E-state index in [2.05, 4.69) is 13.8 Å². The van der Waals surface area contributed by atoms with E-state index in [0.29, 0.717) is 5.92 Å². The molecule has 0 radical (unpaired) electrons. The number of carbonyl (C=O) groups excluding carboxylic acids is 1. The van der Waals surface area contributed by atoms with Crippen molar-refractivity contribution in [2.45, 2.75) is 33.1 Å². The highest BCUT2D eigenvalue weighted by molar-refractivity contribution is 5.81. The number of allylic oxidation sites excluding steroid dienone is 1. The highest BCUT2D eigenvalue weighted by Crippen LogP contribution is 2.13. The molecule has 1 aromatic carbocycles. The van der Waals surface area contributed by atoms with Gasteiger partial charge < -0.3 is 0 Å². The highest BCUT2D eigenvalue weighted by Gasteiger charge is 1.98. The van der Waals surface area contributed by atoms with Gasteiger partial charge >= 0.3 is 0 Å². The van der Waals surface area contributed by atoms with Crippen LogP contribution in [-0.2, 0) is 4.79 Å². The second kappa shape index (κ2) is 7.00. The fourth-order valence-electron chi connectivity index (χ4n) is 1.64. The van der Waals surface area contributed by atoms with Crippen molar-refractivity contribution in [1.82, 2.24) is 0 Å². The molecule has 0 spiro atoms. The average Bonchev–Trinajstić information content (AvgIpc) is 2.28. The van der Waals surface area contributed by atoms with Crippen molar-refractivity contribution < 1.29 is 4.79 Å². The van der Waals surface area contributed by atoms with Crippen molar-refractivity contribution >= 4 is 12.4 Å². The molecule has 1 rings (SSSR count). The van der Waals surface area contributed by atoms with Crippen molar-refractivity contribution in [3.8, 4) is 0 Å². The van der Waals surface area contributed by atoms with E-state index < -0.39 is 0 Å². The summed E-state index contributed by atoms with van der Waals surface area (Å²) in [5.41, 5.74) is 2.00. The van der Waals surface area contributed by atoms with Crippen LogP contribution in [0.4, 0.5) is 0 Å². The molecule has 0 aliphatic rings. The lowest BCUT2D eigenvalue weighted by atomic mass is 10.0. The van der Waals surface area contributed by atoms with Crippen LogP contribution in [0.25, 0.3) is 6.08 Å². The Morgan fingerprint density at radius 2 is 1.94 bits per heavy atom. The first kappa shape index (κ1) is 12.7. The van der Waals surface area contributed by atoms with Crippen LogP contribution in [0.5, 0.6) is 0 Å². The van der Waals surface area contributed by atoms with E-state index in [9.17, 15) is 4.79 Å². The predicted molar refractivity (Wildman–Crippen MR) is 69.2 cm³/mol. The number of carbonyl (C=O) groups is 1. The van der Waals surface area contributed by atoms with Gasteiger partial charge in [-0.1, -0.05) is 50.6 Å². The summed E-state index contributed by atoms with van der Waals surface area (Å²) in [5, 5.41) is 0. The Morgan fingerprint density at radius 1 is 1.25 bits per heavy atom. The van der Waals surface area contributed by atoms with Gasteiger partial charge in [0, 0.05) is 0 Å². The summed E-state index contributed by atoms with van der Waals surface area (Å²) in [6, 6.07) is 10.00. The Labute approximate surface area is 98.2 Å². The second-order valence-corrected chi connectivity index (χ2v) is 4.53. The zero-order valence-electron chi connectivity index (χ0n) is 10.1. The van der Waals surface area contributed by atoms with Gasteiger partial charge in [0.1, 0.15) is 6.29 Å². The molecular formula is C15H20O. The SMILES string of the molecule is CC(C)CCCC(C=O)=Cc1ccccc1. The Morgan fingerprint density at radius 3 is 2.50 bits per heavy atom. The molecule has 0 N–H and O–H groups in total. The van der Waals surface area contributed by atoms with Gasteiger partial charge in [0.2, 0.25) is 0 Å².